The van der Waals surface area contributed by atoms with Crippen molar-refractivity contribution in [3.05, 3.63) is 88.6 Å². The SMILES string of the molecule is COc1cc([C@@H]2c3cc4c(cc3[C@@H](NC3=CC(=O)N(Cc5ccccc5)C3=O)[C@H]3COC(=O)[C@H]23)OCO4)cc(OC)c1O. The highest BCUT2D eigenvalue weighted by Gasteiger charge is 2.53. The molecule has 43 heavy (non-hydrogen) atoms. The van der Waals surface area contributed by atoms with Crippen LogP contribution in [-0.4, -0.2) is 55.4 Å². The summed E-state index contributed by atoms with van der Waals surface area (Å²) in [5, 5.41) is 13.9. The molecule has 7 rings (SSSR count). The largest absolute Gasteiger partial charge is 0.502 e. The lowest BCUT2D eigenvalue weighted by Crippen LogP contribution is -2.42. The van der Waals surface area contributed by atoms with E-state index in [0.29, 0.717) is 17.1 Å². The van der Waals surface area contributed by atoms with Crippen molar-refractivity contribution in [3.63, 3.8) is 0 Å². The third kappa shape index (κ3) is 4.30. The van der Waals surface area contributed by atoms with Crippen LogP contribution in [0, 0.1) is 11.8 Å². The Morgan fingerprint density at radius 2 is 1.60 bits per heavy atom. The molecule has 0 radical (unpaired) electrons. The van der Waals surface area contributed by atoms with E-state index in [4.69, 9.17) is 23.7 Å². The maximum atomic E-state index is 13.5. The van der Waals surface area contributed by atoms with E-state index in [1.807, 2.05) is 42.5 Å². The maximum Gasteiger partial charge on any atom is 0.310 e. The minimum absolute atomic E-state index is 0.0450. The van der Waals surface area contributed by atoms with E-state index in [-0.39, 0.29) is 42.9 Å². The number of ether oxygens (including phenoxy) is 5. The van der Waals surface area contributed by atoms with Crippen molar-refractivity contribution in [3.8, 4) is 28.7 Å². The number of carbonyl (C=O) groups excluding carboxylic acids is 3. The highest BCUT2D eigenvalue weighted by atomic mass is 16.7. The lowest BCUT2D eigenvalue weighted by molar-refractivity contribution is -0.142. The number of aromatic hydroxyl groups is 1. The Morgan fingerprint density at radius 1 is 0.930 bits per heavy atom. The second-order valence-electron chi connectivity index (χ2n) is 10.8. The number of phenolic OH excluding ortho intramolecular Hbond substituents is 1. The number of hydrogen-bond donors (Lipinski definition) is 2. The highest BCUT2D eigenvalue weighted by molar-refractivity contribution is 6.15. The zero-order chi connectivity index (χ0) is 29.8. The molecule has 1 saturated heterocycles. The van der Waals surface area contributed by atoms with E-state index in [9.17, 15) is 19.5 Å². The van der Waals surface area contributed by atoms with Gasteiger partial charge in [-0.1, -0.05) is 30.3 Å². The Bertz CT molecular complexity index is 1660. The summed E-state index contributed by atoms with van der Waals surface area (Å²) in [5.41, 5.74) is 3.14. The topological polar surface area (TPSA) is 133 Å². The molecule has 0 saturated carbocycles. The number of benzene rings is 3. The number of nitrogens with one attached hydrogen (secondary N) is 1. The summed E-state index contributed by atoms with van der Waals surface area (Å²) >= 11 is 0. The molecule has 11 heteroatoms. The number of nitrogens with zero attached hydrogens (tertiary/aromatic N) is 1. The average Bonchev–Trinajstić information content (AvgIpc) is 3.71. The van der Waals surface area contributed by atoms with Gasteiger partial charge in [-0.25, -0.2) is 0 Å². The van der Waals surface area contributed by atoms with E-state index >= 15 is 0 Å². The van der Waals surface area contributed by atoms with Gasteiger partial charge < -0.3 is 34.1 Å². The van der Waals surface area contributed by atoms with Gasteiger partial charge in [0.2, 0.25) is 12.5 Å². The summed E-state index contributed by atoms with van der Waals surface area (Å²) in [6, 6.07) is 15.7. The first kappa shape index (κ1) is 26.7. The molecular formula is C32H28N2O9. The fourth-order valence-corrected chi connectivity index (χ4v) is 6.54. The lowest BCUT2D eigenvalue weighted by atomic mass is 9.65. The molecule has 0 aromatic heterocycles. The smallest absolute Gasteiger partial charge is 0.310 e. The van der Waals surface area contributed by atoms with Crippen LogP contribution in [0.1, 0.15) is 34.2 Å². The van der Waals surface area contributed by atoms with E-state index < -0.39 is 41.6 Å². The highest BCUT2D eigenvalue weighted by Crippen LogP contribution is 2.55. The van der Waals surface area contributed by atoms with Crippen molar-refractivity contribution >= 4 is 17.8 Å². The second-order valence-corrected chi connectivity index (χ2v) is 10.8. The van der Waals surface area contributed by atoms with Crippen molar-refractivity contribution in [2.75, 3.05) is 27.6 Å². The Hall–Kier alpha value is -5.19. The standard InChI is InChI=1S/C32H28N2O9/c1-39-24-8-17(9-25(40-2)30(24)36)27-18-10-22-23(43-15-42-22)11-19(18)29(20-14-41-32(38)28(20)27)33-21-12-26(35)34(31(21)37)13-16-6-4-3-5-7-16/h3-12,20,27-29,33,36H,13-15H2,1-2H3/t20-,27+,28-,29+/m0/s1. The minimum atomic E-state index is -0.669. The van der Waals surface area contributed by atoms with Crippen molar-refractivity contribution in [2.24, 2.45) is 11.8 Å². The molecule has 3 aliphatic heterocycles. The first-order valence-corrected chi connectivity index (χ1v) is 13.8. The number of methoxy groups -OCH3 is 2. The maximum absolute atomic E-state index is 13.5. The number of hydrogen-bond acceptors (Lipinski definition) is 10. The normalized spacial score (nSPS) is 23.4. The summed E-state index contributed by atoms with van der Waals surface area (Å²) < 4.78 is 27.9. The molecule has 4 atom stereocenters. The van der Waals surface area contributed by atoms with Crippen LogP contribution in [0.25, 0.3) is 0 Å². The average molecular weight is 585 g/mol. The van der Waals surface area contributed by atoms with Gasteiger partial charge in [-0.2, -0.15) is 0 Å². The monoisotopic (exact) mass is 584 g/mol. The lowest BCUT2D eigenvalue weighted by Gasteiger charge is -2.40. The first-order valence-electron chi connectivity index (χ1n) is 13.8. The Balaban J connectivity index is 1.31. The molecule has 0 unspecified atom stereocenters. The van der Waals surface area contributed by atoms with Gasteiger partial charge in [-0.3, -0.25) is 19.3 Å². The molecule has 3 heterocycles. The number of phenols is 1. The molecule has 1 fully saturated rings. The van der Waals surface area contributed by atoms with E-state index in [1.54, 1.807) is 12.1 Å². The summed E-state index contributed by atoms with van der Waals surface area (Å²) in [7, 11) is 2.87. The Labute approximate surface area is 246 Å². The number of carbonyl (C=O) groups is 3. The van der Waals surface area contributed by atoms with Gasteiger partial charge in [0, 0.05) is 17.9 Å². The molecule has 11 nitrogen and oxygen atoms in total. The summed E-state index contributed by atoms with van der Waals surface area (Å²) in [6.45, 7) is 0.282. The number of amides is 2. The fraction of sp³-hybridized carbons (Fsp3) is 0.281. The Kier molecular flexibility index (Phi) is 6.37. The second kappa shape index (κ2) is 10.3. The number of imide groups is 1. The van der Waals surface area contributed by atoms with E-state index in [2.05, 4.69) is 5.32 Å². The van der Waals surface area contributed by atoms with Crippen LogP contribution in [0.2, 0.25) is 0 Å². The summed E-state index contributed by atoms with van der Waals surface area (Å²) in [6.07, 6.45) is 1.30. The van der Waals surface area contributed by atoms with E-state index in [0.717, 1.165) is 16.7 Å². The summed E-state index contributed by atoms with van der Waals surface area (Å²) in [4.78, 5) is 41.0. The van der Waals surface area contributed by atoms with Crippen molar-refractivity contribution in [1.29, 1.82) is 0 Å². The number of esters is 1. The Morgan fingerprint density at radius 3 is 2.28 bits per heavy atom. The molecule has 3 aromatic carbocycles. The number of cyclic esters (lactones) is 1. The molecule has 2 amide bonds. The van der Waals surface area contributed by atoms with Gasteiger partial charge in [0.1, 0.15) is 5.70 Å². The predicted molar refractivity (Wildman–Crippen MR) is 150 cm³/mol. The first-order chi connectivity index (χ1) is 20.9. The third-order valence-electron chi connectivity index (χ3n) is 8.55. The zero-order valence-corrected chi connectivity index (χ0v) is 23.4. The van der Waals surface area contributed by atoms with Gasteiger partial charge >= 0.3 is 5.97 Å². The van der Waals surface area contributed by atoms with Crippen molar-refractivity contribution in [1.82, 2.24) is 10.2 Å². The van der Waals surface area contributed by atoms with Gasteiger partial charge in [-0.05, 0) is 46.5 Å². The van der Waals surface area contributed by atoms with Crippen LogP contribution in [0.5, 0.6) is 28.7 Å². The molecule has 3 aromatic rings. The summed E-state index contributed by atoms with van der Waals surface area (Å²) in [5.74, 6) is -1.61. The molecular weight excluding hydrogens is 556 g/mol. The van der Waals surface area contributed by atoms with Crippen molar-refractivity contribution < 1.29 is 43.2 Å². The molecule has 0 spiro atoms. The molecule has 4 aliphatic rings. The van der Waals surface area contributed by atoms with Crippen LogP contribution in [0.3, 0.4) is 0 Å². The molecule has 0 bridgehead atoms. The van der Waals surface area contributed by atoms with Crippen LogP contribution in [-0.2, 0) is 25.7 Å². The van der Waals surface area contributed by atoms with Crippen LogP contribution in [0.4, 0.5) is 0 Å². The van der Waals surface area contributed by atoms with Crippen LogP contribution in [0.15, 0.2) is 66.4 Å². The third-order valence-corrected chi connectivity index (χ3v) is 8.55. The molecule has 220 valence electrons. The van der Waals surface area contributed by atoms with E-state index in [1.165, 1.54) is 25.2 Å². The van der Waals surface area contributed by atoms with Crippen molar-refractivity contribution in [2.45, 2.75) is 18.5 Å². The fourth-order valence-electron chi connectivity index (χ4n) is 6.54. The zero-order valence-electron chi connectivity index (χ0n) is 23.4. The molecule has 1 aliphatic carbocycles. The molecule has 2 N–H and O–H groups in total. The quantitative estimate of drug-likeness (QED) is 0.315. The number of fused-ring (bicyclic) bond motifs is 3. The predicted octanol–water partition coefficient (Wildman–Crippen LogP) is 3.16. The van der Waals surface area contributed by atoms with Gasteiger partial charge in [0.15, 0.2) is 23.0 Å². The van der Waals surface area contributed by atoms with Gasteiger partial charge in [-0.15, -0.1) is 0 Å². The number of rotatable bonds is 7. The van der Waals surface area contributed by atoms with Crippen LogP contribution >= 0.6 is 0 Å². The van der Waals surface area contributed by atoms with Gasteiger partial charge in [0.25, 0.3) is 11.8 Å². The minimum Gasteiger partial charge on any atom is -0.502 e. The van der Waals surface area contributed by atoms with Gasteiger partial charge in [0.05, 0.1) is 39.3 Å². The van der Waals surface area contributed by atoms with Crippen LogP contribution < -0.4 is 24.3 Å².